The first-order valence-corrected chi connectivity index (χ1v) is 5.50. The maximum atomic E-state index is 12.1. The van der Waals surface area contributed by atoms with Gasteiger partial charge in [-0.15, -0.1) is 12.4 Å². The van der Waals surface area contributed by atoms with Crippen LogP contribution in [0.5, 0.6) is 0 Å². The van der Waals surface area contributed by atoms with E-state index in [1.807, 2.05) is 4.90 Å². The predicted molar refractivity (Wildman–Crippen MR) is 76.4 cm³/mol. The molecule has 0 saturated carbocycles. The van der Waals surface area contributed by atoms with Crippen molar-refractivity contribution in [1.29, 1.82) is 0 Å². The fourth-order valence-corrected chi connectivity index (χ4v) is 1.82. The third kappa shape index (κ3) is 5.20. The molecule has 104 valence electrons. The number of hydrogen-bond donors (Lipinski definition) is 0. The predicted octanol–water partition coefficient (Wildman–Crippen LogP) is -0.0638. The average Bonchev–Trinajstić information content (AvgIpc) is 2.30. The molecule has 1 aromatic rings. The normalized spacial score (nSPS) is 14.8. The van der Waals surface area contributed by atoms with Gasteiger partial charge in [-0.3, -0.25) is 0 Å². The van der Waals surface area contributed by atoms with Gasteiger partial charge in [-0.2, -0.15) is 0 Å². The van der Waals surface area contributed by atoms with Crippen LogP contribution in [0.1, 0.15) is 10.4 Å². The van der Waals surface area contributed by atoms with E-state index in [4.69, 9.17) is 7.85 Å². The number of halogens is 1. The van der Waals surface area contributed by atoms with E-state index in [0.717, 1.165) is 31.7 Å². The Morgan fingerprint density at radius 2 is 1.53 bits per heavy atom. The molecule has 1 aromatic carbocycles. The van der Waals surface area contributed by atoms with Gasteiger partial charge in [-0.25, -0.2) is 0 Å². The van der Waals surface area contributed by atoms with Gasteiger partial charge in [0.15, 0.2) is 0 Å². The van der Waals surface area contributed by atoms with E-state index in [1.165, 1.54) is 0 Å². The molecule has 1 heterocycles. The SMILES string of the molecule is Cl.[B+2]c1ccc(C(=O)N2CCN(C)CC2)cc1.[OH-].[OH-]. The van der Waals surface area contributed by atoms with Gasteiger partial charge in [-0.1, -0.05) is 0 Å². The first-order valence-electron chi connectivity index (χ1n) is 5.50. The maximum absolute atomic E-state index is 12.1. The molecular formula is C12H18BClN2O3. The van der Waals surface area contributed by atoms with Gasteiger partial charge in [0.1, 0.15) is 0 Å². The zero-order valence-electron chi connectivity index (χ0n) is 10.8. The number of carbonyl (C=O) groups excluding carboxylic acids is 1. The molecule has 0 atom stereocenters. The van der Waals surface area contributed by atoms with Gasteiger partial charge in [-0.05, 0) is 0 Å². The Hall–Kier alpha value is -1.08. The molecule has 1 fully saturated rings. The number of nitrogens with zero attached hydrogens (tertiary/aromatic N) is 2. The average molecular weight is 285 g/mol. The largest absolute Gasteiger partial charge is 0.870 e. The molecule has 5 nitrogen and oxygen atoms in total. The zero-order chi connectivity index (χ0) is 11.5. The molecule has 0 aromatic heterocycles. The van der Waals surface area contributed by atoms with Crippen molar-refractivity contribution in [3.8, 4) is 0 Å². The standard InChI is InChI=1S/C12H15BN2O.ClH.2H2O/c1-14-6-8-15(9-7-14)12(16)10-2-4-11(13)5-3-10;;;/h2-5H,6-9H2,1H3;1H;2*1H2/q+2;;;/p-2. The molecule has 19 heavy (non-hydrogen) atoms. The summed E-state index contributed by atoms with van der Waals surface area (Å²) in [5, 5.41) is 0. The third-order valence-electron chi connectivity index (χ3n) is 2.95. The molecule has 2 rings (SSSR count). The first kappa shape index (κ1) is 20.2. The Morgan fingerprint density at radius 3 is 2.00 bits per heavy atom. The van der Waals surface area contributed by atoms with Crippen LogP contribution in [-0.2, 0) is 0 Å². The quantitative estimate of drug-likeness (QED) is 0.676. The van der Waals surface area contributed by atoms with E-state index in [-0.39, 0.29) is 29.3 Å². The van der Waals surface area contributed by atoms with Gasteiger partial charge in [0.25, 0.3) is 0 Å². The van der Waals surface area contributed by atoms with Gasteiger partial charge >= 0.3 is 96.9 Å². The number of piperazine rings is 1. The summed E-state index contributed by atoms with van der Waals surface area (Å²) in [5.41, 5.74) is 1.41. The minimum absolute atomic E-state index is 0. The van der Waals surface area contributed by atoms with Crippen LogP contribution in [0.2, 0.25) is 0 Å². The molecular weight excluding hydrogens is 266 g/mol. The van der Waals surface area contributed by atoms with Crippen molar-refractivity contribution < 1.29 is 15.7 Å². The minimum Gasteiger partial charge on any atom is -0.870 e. The monoisotopic (exact) mass is 284 g/mol. The smallest absolute Gasteiger partial charge is 0.870 e. The third-order valence-corrected chi connectivity index (χ3v) is 2.95. The number of likely N-dealkylation sites (N-methyl/N-ethyl adjacent to an activating group) is 1. The summed E-state index contributed by atoms with van der Waals surface area (Å²) in [6, 6.07) is 7.11. The van der Waals surface area contributed by atoms with Crippen LogP contribution < -0.4 is 5.46 Å². The second-order valence-electron chi connectivity index (χ2n) is 4.22. The van der Waals surface area contributed by atoms with E-state index in [0.29, 0.717) is 5.46 Å². The summed E-state index contributed by atoms with van der Waals surface area (Å²) in [7, 11) is 7.67. The van der Waals surface area contributed by atoms with E-state index in [1.54, 1.807) is 24.3 Å². The zero-order valence-corrected chi connectivity index (χ0v) is 11.6. The molecule has 0 unspecified atom stereocenters. The van der Waals surface area contributed by atoms with Gasteiger partial charge in [0.2, 0.25) is 0 Å². The van der Waals surface area contributed by atoms with Crippen LogP contribution in [0.4, 0.5) is 0 Å². The van der Waals surface area contributed by atoms with E-state index < -0.39 is 0 Å². The van der Waals surface area contributed by atoms with Crippen molar-refractivity contribution in [2.75, 3.05) is 33.2 Å². The van der Waals surface area contributed by atoms with Crippen molar-refractivity contribution in [1.82, 2.24) is 9.80 Å². The molecule has 1 aliphatic rings. The first-order chi connectivity index (χ1) is 7.66. The molecule has 2 N–H and O–H groups in total. The molecule has 0 bridgehead atoms. The molecule has 1 saturated heterocycles. The Kier molecular flexibility index (Phi) is 9.51. The maximum Gasteiger partial charge on any atom is -0.870 e. The number of hydrogen-bond acceptors (Lipinski definition) is 4. The topological polar surface area (TPSA) is 83.6 Å². The van der Waals surface area contributed by atoms with Crippen molar-refractivity contribution in [2.24, 2.45) is 0 Å². The van der Waals surface area contributed by atoms with E-state index in [9.17, 15) is 4.79 Å². The van der Waals surface area contributed by atoms with Crippen LogP contribution in [0, 0.1) is 0 Å². The van der Waals surface area contributed by atoms with Crippen molar-refractivity contribution in [2.45, 2.75) is 0 Å². The van der Waals surface area contributed by atoms with Crippen LogP contribution in [-0.4, -0.2) is 67.7 Å². The second kappa shape index (κ2) is 8.93. The fraction of sp³-hybridized carbons (Fsp3) is 0.417. The second-order valence-corrected chi connectivity index (χ2v) is 4.22. The van der Waals surface area contributed by atoms with Crippen LogP contribution >= 0.6 is 12.4 Å². The summed E-state index contributed by atoms with van der Waals surface area (Å²) < 4.78 is 0. The number of carbonyl (C=O) groups is 1. The summed E-state index contributed by atoms with van der Waals surface area (Å²) in [4.78, 5) is 16.2. The van der Waals surface area contributed by atoms with Gasteiger partial charge < -0.3 is 11.0 Å². The molecule has 0 aliphatic carbocycles. The van der Waals surface area contributed by atoms with Gasteiger partial charge in [0, 0.05) is 0 Å². The molecule has 0 radical (unpaired) electrons. The Bertz CT molecular complexity index is 381. The van der Waals surface area contributed by atoms with E-state index >= 15 is 0 Å². The molecule has 1 aliphatic heterocycles. The Labute approximate surface area is 121 Å². The summed E-state index contributed by atoms with van der Waals surface area (Å²) in [6.45, 7) is 3.50. The number of benzene rings is 1. The number of amides is 1. The summed E-state index contributed by atoms with van der Waals surface area (Å²) in [5.74, 6) is 0.105. The van der Waals surface area contributed by atoms with Gasteiger partial charge in [0.05, 0.1) is 0 Å². The van der Waals surface area contributed by atoms with Crippen LogP contribution in [0.3, 0.4) is 0 Å². The summed E-state index contributed by atoms with van der Waals surface area (Å²) >= 11 is 0. The van der Waals surface area contributed by atoms with Crippen molar-refractivity contribution >= 4 is 31.6 Å². The number of rotatable bonds is 1. The van der Waals surface area contributed by atoms with Crippen molar-refractivity contribution in [3.63, 3.8) is 0 Å². The van der Waals surface area contributed by atoms with Crippen LogP contribution in [0.25, 0.3) is 0 Å². The minimum atomic E-state index is 0. The Balaban J connectivity index is 0. The van der Waals surface area contributed by atoms with E-state index in [2.05, 4.69) is 11.9 Å². The molecule has 1 amide bonds. The summed E-state index contributed by atoms with van der Waals surface area (Å²) in [6.07, 6.45) is 0. The fourth-order valence-electron chi connectivity index (χ4n) is 1.82. The van der Waals surface area contributed by atoms with Crippen LogP contribution in [0.15, 0.2) is 24.3 Å². The molecule has 0 spiro atoms. The Morgan fingerprint density at radius 1 is 1.05 bits per heavy atom. The van der Waals surface area contributed by atoms with Crippen molar-refractivity contribution in [3.05, 3.63) is 29.8 Å². The molecule has 7 heteroatoms.